The first-order valence-corrected chi connectivity index (χ1v) is 8.04. The van der Waals surface area contributed by atoms with Crippen molar-refractivity contribution >= 4 is 29.7 Å². The van der Waals surface area contributed by atoms with Crippen molar-refractivity contribution in [2.24, 2.45) is 5.92 Å². The lowest BCUT2D eigenvalue weighted by Crippen LogP contribution is -2.50. The molecule has 2 aromatic rings. The van der Waals surface area contributed by atoms with E-state index in [0.717, 1.165) is 48.7 Å². The molecule has 1 aliphatic heterocycles. The van der Waals surface area contributed by atoms with Gasteiger partial charge in [0.2, 0.25) is 5.91 Å². The lowest BCUT2D eigenvalue weighted by molar-refractivity contribution is -0.126. The Balaban J connectivity index is 0.00000176. The molecule has 1 fully saturated rings. The summed E-state index contributed by atoms with van der Waals surface area (Å²) in [5.74, 6) is 0.341. The van der Waals surface area contributed by atoms with Crippen molar-refractivity contribution in [1.29, 1.82) is 0 Å². The molecule has 0 aliphatic carbocycles. The molecular weight excluding hydrogens is 320 g/mol. The van der Waals surface area contributed by atoms with Crippen LogP contribution in [0.5, 0.6) is 0 Å². The molecule has 0 bridgehead atoms. The molecule has 1 aliphatic rings. The Hall–Kier alpha value is -1.50. The van der Waals surface area contributed by atoms with Crippen LogP contribution < -0.4 is 10.6 Å². The van der Waals surface area contributed by atoms with Crippen LogP contribution in [0.25, 0.3) is 11.3 Å². The van der Waals surface area contributed by atoms with Crippen LogP contribution in [0, 0.1) is 5.92 Å². The monoisotopic (exact) mass is 338 g/mol. The second kappa shape index (κ2) is 8.22. The van der Waals surface area contributed by atoms with Crippen molar-refractivity contribution in [2.45, 2.75) is 12.8 Å². The van der Waals surface area contributed by atoms with Gasteiger partial charge in [-0.15, -0.1) is 23.7 Å². The predicted molar refractivity (Wildman–Crippen MR) is 90.3 cm³/mol. The highest BCUT2D eigenvalue weighted by Gasteiger charge is 2.23. The van der Waals surface area contributed by atoms with Gasteiger partial charge in [0.1, 0.15) is 0 Å². The van der Waals surface area contributed by atoms with E-state index >= 15 is 0 Å². The van der Waals surface area contributed by atoms with Crippen molar-refractivity contribution in [3.8, 4) is 11.3 Å². The van der Waals surface area contributed by atoms with E-state index in [1.807, 2.05) is 12.1 Å². The van der Waals surface area contributed by atoms with Gasteiger partial charge in [0.15, 0.2) is 0 Å². The van der Waals surface area contributed by atoms with Gasteiger partial charge in [0.25, 0.3) is 0 Å². The van der Waals surface area contributed by atoms with Crippen LogP contribution in [0.2, 0.25) is 0 Å². The van der Waals surface area contributed by atoms with Gasteiger partial charge < -0.3 is 10.6 Å². The first-order chi connectivity index (χ1) is 10.3. The summed E-state index contributed by atoms with van der Waals surface area (Å²) in [6.45, 7) is 2.35. The van der Waals surface area contributed by atoms with Crippen LogP contribution in [0.1, 0.15) is 11.4 Å². The number of nitrogens with one attached hydrogen (secondary N) is 2. The molecule has 1 saturated heterocycles. The summed E-state index contributed by atoms with van der Waals surface area (Å²) in [6, 6.07) is 3.93. The van der Waals surface area contributed by atoms with Gasteiger partial charge in [-0.3, -0.25) is 9.78 Å². The Morgan fingerprint density at radius 3 is 2.82 bits per heavy atom. The van der Waals surface area contributed by atoms with Crippen LogP contribution in [0.15, 0.2) is 29.9 Å². The van der Waals surface area contributed by atoms with Crippen LogP contribution in [-0.2, 0) is 11.2 Å². The highest BCUT2D eigenvalue weighted by Crippen LogP contribution is 2.21. The lowest BCUT2D eigenvalue weighted by Gasteiger charge is -2.25. The Bertz CT molecular complexity index is 601. The topological polar surface area (TPSA) is 66.9 Å². The molecule has 3 rings (SSSR count). The molecule has 1 amide bonds. The van der Waals surface area contributed by atoms with Crippen LogP contribution >= 0.6 is 23.7 Å². The Labute approximate surface area is 140 Å². The average Bonchev–Trinajstić information content (AvgIpc) is 2.91. The van der Waals surface area contributed by atoms with E-state index in [9.17, 15) is 4.79 Å². The number of rotatable bonds is 6. The summed E-state index contributed by atoms with van der Waals surface area (Å²) in [7, 11) is 0. The van der Waals surface area contributed by atoms with Gasteiger partial charge in [-0.05, 0) is 18.6 Å². The van der Waals surface area contributed by atoms with Crippen molar-refractivity contribution in [3.05, 3.63) is 34.9 Å². The Kier molecular flexibility index (Phi) is 6.30. The van der Waals surface area contributed by atoms with Gasteiger partial charge >= 0.3 is 0 Å². The molecule has 0 spiro atoms. The maximum Gasteiger partial charge on any atom is 0.225 e. The number of nitrogens with zero attached hydrogens (tertiary/aromatic N) is 2. The zero-order chi connectivity index (χ0) is 14.5. The van der Waals surface area contributed by atoms with E-state index in [1.165, 1.54) is 0 Å². The number of hydrogen-bond acceptors (Lipinski definition) is 5. The van der Waals surface area contributed by atoms with Crippen LogP contribution in [-0.4, -0.2) is 35.5 Å². The van der Waals surface area contributed by atoms with Crippen LogP contribution in [0.3, 0.4) is 0 Å². The number of aromatic nitrogens is 2. The zero-order valence-electron chi connectivity index (χ0n) is 12.1. The normalized spacial score (nSPS) is 14.0. The molecular formula is C15H19ClN4OS. The SMILES string of the molecule is Cl.O=C(NCCCc1nc(-c2ccncc2)cs1)C1CNC1. The molecule has 0 radical (unpaired) electrons. The number of carbonyl (C=O) groups is 1. The number of hydrogen-bond donors (Lipinski definition) is 2. The fraction of sp³-hybridized carbons (Fsp3) is 0.400. The van der Waals surface area contributed by atoms with Gasteiger partial charge in [0, 0.05) is 49.4 Å². The fourth-order valence-electron chi connectivity index (χ4n) is 2.15. The third-order valence-electron chi connectivity index (χ3n) is 3.55. The molecule has 0 unspecified atom stereocenters. The molecule has 7 heteroatoms. The standard InChI is InChI=1S/C15H18N4OS.ClH/c20-15(12-8-17-9-12)18-5-1-2-14-19-13(10-21-14)11-3-6-16-7-4-11;/h3-4,6-7,10,12,17H,1-2,5,8-9H2,(H,18,20);1H. The van der Waals surface area contributed by atoms with Gasteiger partial charge in [-0.1, -0.05) is 0 Å². The van der Waals surface area contributed by atoms with Crippen molar-refractivity contribution in [3.63, 3.8) is 0 Å². The van der Waals surface area contributed by atoms with E-state index in [1.54, 1.807) is 23.7 Å². The second-order valence-corrected chi connectivity index (χ2v) is 6.05. The smallest absolute Gasteiger partial charge is 0.225 e. The number of carbonyl (C=O) groups excluding carboxylic acids is 1. The number of pyridine rings is 1. The Morgan fingerprint density at radius 2 is 2.14 bits per heavy atom. The maximum absolute atomic E-state index is 11.7. The molecule has 2 aromatic heterocycles. The first kappa shape index (κ1) is 16.9. The molecule has 0 aromatic carbocycles. The minimum atomic E-state index is 0. The molecule has 0 saturated carbocycles. The van der Waals surface area contributed by atoms with Gasteiger partial charge in [0.05, 0.1) is 16.6 Å². The van der Waals surface area contributed by atoms with Gasteiger partial charge in [-0.2, -0.15) is 0 Å². The minimum absolute atomic E-state index is 0. The summed E-state index contributed by atoms with van der Waals surface area (Å²) in [4.78, 5) is 20.3. The van der Waals surface area contributed by atoms with E-state index < -0.39 is 0 Å². The van der Waals surface area contributed by atoms with E-state index in [-0.39, 0.29) is 24.2 Å². The largest absolute Gasteiger partial charge is 0.356 e. The number of aryl methyl sites for hydroxylation is 1. The average molecular weight is 339 g/mol. The van der Waals surface area contributed by atoms with E-state index in [0.29, 0.717) is 0 Å². The first-order valence-electron chi connectivity index (χ1n) is 7.16. The molecule has 22 heavy (non-hydrogen) atoms. The number of halogens is 1. The third kappa shape index (κ3) is 4.25. The van der Waals surface area contributed by atoms with Gasteiger partial charge in [-0.25, -0.2) is 4.98 Å². The van der Waals surface area contributed by atoms with Crippen LogP contribution in [0.4, 0.5) is 0 Å². The fourth-order valence-corrected chi connectivity index (χ4v) is 3.00. The molecule has 118 valence electrons. The van der Waals surface area contributed by atoms with E-state index in [2.05, 4.69) is 26.0 Å². The molecule has 2 N–H and O–H groups in total. The van der Waals surface area contributed by atoms with Crippen molar-refractivity contribution < 1.29 is 4.79 Å². The summed E-state index contributed by atoms with van der Waals surface area (Å²) in [6.07, 6.45) is 5.38. The third-order valence-corrected chi connectivity index (χ3v) is 4.46. The zero-order valence-corrected chi connectivity index (χ0v) is 13.8. The summed E-state index contributed by atoms with van der Waals surface area (Å²) in [5.41, 5.74) is 2.10. The summed E-state index contributed by atoms with van der Waals surface area (Å²) < 4.78 is 0. The molecule has 5 nitrogen and oxygen atoms in total. The number of amides is 1. The quantitative estimate of drug-likeness (QED) is 0.789. The second-order valence-electron chi connectivity index (χ2n) is 5.11. The summed E-state index contributed by atoms with van der Waals surface area (Å²) in [5, 5.41) is 9.27. The maximum atomic E-state index is 11.7. The summed E-state index contributed by atoms with van der Waals surface area (Å²) >= 11 is 1.67. The molecule has 3 heterocycles. The highest BCUT2D eigenvalue weighted by atomic mass is 35.5. The molecule has 0 atom stereocenters. The lowest BCUT2D eigenvalue weighted by atomic mass is 10.0. The van der Waals surface area contributed by atoms with E-state index in [4.69, 9.17) is 0 Å². The van der Waals surface area contributed by atoms with Crippen molar-refractivity contribution in [2.75, 3.05) is 19.6 Å². The number of thiazole rings is 1. The van der Waals surface area contributed by atoms with Crippen molar-refractivity contribution in [1.82, 2.24) is 20.6 Å². The minimum Gasteiger partial charge on any atom is -0.356 e. The predicted octanol–water partition coefficient (Wildman–Crippen LogP) is 1.90. The Morgan fingerprint density at radius 1 is 1.36 bits per heavy atom. The highest BCUT2D eigenvalue weighted by molar-refractivity contribution is 7.09.